The van der Waals surface area contributed by atoms with E-state index < -0.39 is 0 Å². The fourth-order valence-corrected chi connectivity index (χ4v) is 3.91. The number of aromatic nitrogens is 2. The quantitative estimate of drug-likeness (QED) is 0.144. The second-order valence-electron chi connectivity index (χ2n) is 8.07. The number of para-hydroxylation sites is 2. The molecule has 0 bridgehead atoms. The van der Waals surface area contributed by atoms with Crippen molar-refractivity contribution in [1.82, 2.24) is 9.78 Å². The summed E-state index contributed by atoms with van der Waals surface area (Å²) in [6.07, 6.45) is 7.99. The van der Waals surface area contributed by atoms with Crippen molar-refractivity contribution < 1.29 is 24.5 Å². The normalized spacial score (nSPS) is 10.6. The number of anilines is 1. The molecule has 0 atom stereocenters. The number of rotatable bonds is 5. The van der Waals surface area contributed by atoms with Gasteiger partial charge in [-0.25, -0.2) is 0 Å². The number of fused-ring (bicyclic) bond motifs is 3. The Morgan fingerprint density at radius 3 is 2.43 bits per heavy atom. The van der Waals surface area contributed by atoms with Gasteiger partial charge in [0, 0.05) is 30.2 Å². The Bertz CT molecular complexity index is 1600. The van der Waals surface area contributed by atoms with E-state index in [1.165, 1.54) is 0 Å². The minimum atomic E-state index is 0. The van der Waals surface area contributed by atoms with Crippen LogP contribution < -0.4 is 4.90 Å². The molecule has 2 aromatic heterocycles. The van der Waals surface area contributed by atoms with Gasteiger partial charge in [-0.15, -0.1) is 17.7 Å². The molecule has 6 rings (SSSR count). The zero-order valence-corrected chi connectivity index (χ0v) is 22.5. The van der Waals surface area contributed by atoms with E-state index in [1.807, 2.05) is 78.8 Å². The van der Waals surface area contributed by atoms with Crippen LogP contribution in [0.5, 0.6) is 0 Å². The predicted molar refractivity (Wildman–Crippen MR) is 147 cm³/mol. The molecule has 0 aliphatic carbocycles. The number of furan rings is 1. The molecular formula is C31H23IrN4O. The zero-order chi connectivity index (χ0) is 24.7. The van der Waals surface area contributed by atoms with Crippen LogP contribution in [-0.4, -0.2) is 23.0 Å². The van der Waals surface area contributed by atoms with Gasteiger partial charge >= 0.3 is 20.1 Å². The van der Waals surface area contributed by atoms with E-state index >= 15 is 0 Å². The van der Waals surface area contributed by atoms with Gasteiger partial charge < -0.3 is 14.7 Å². The maximum Gasteiger partial charge on any atom is 3.00 e. The molecule has 0 radical (unpaired) electrons. The number of hydrogen-bond acceptors (Lipinski definition) is 3. The molecule has 2 heterocycles. The van der Waals surface area contributed by atoms with E-state index in [0.29, 0.717) is 0 Å². The third-order valence-electron chi connectivity index (χ3n) is 5.73. The number of nitrogens with zero attached hydrogens (tertiary/aromatic N) is 4. The molecule has 0 fully saturated rings. The third kappa shape index (κ3) is 5.95. The monoisotopic (exact) mass is 660 g/mol. The summed E-state index contributed by atoms with van der Waals surface area (Å²) in [5.41, 5.74) is 5.87. The van der Waals surface area contributed by atoms with Gasteiger partial charge in [-0.1, -0.05) is 47.7 Å². The van der Waals surface area contributed by atoms with Crippen LogP contribution in [0.3, 0.4) is 0 Å². The Balaban J connectivity index is 0.000000224. The Labute approximate surface area is 229 Å². The molecule has 37 heavy (non-hydrogen) atoms. The fourth-order valence-electron chi connectivity index (χ4n) is 3.91. The summed E-state index contributed by atoms with van der Waals surface area (Å²) >= 11 is 0. The van der Waals surface area contributed by atoms with Crippen molar-refractivity contribution >= 4 is 33.8 Å². The Hall–Kier alpha value is -4.25. The molecule has 182 valence electrons. The van der Waals surface area contributed by atoms with Crippen molar-refractivity contribution in [3.63, 3.8) is 0 Å². The largest absolute Gasteiger partial charge is 3.00 e. The van der Waals surface area contributed by atoms with Crippen LogP contribution >= 0.6 is 0 Å². The topological polar surface area (TPSA) is 56.5 Å². The van der Waals surface area contributed by atoms with E-state index in [1.54, 1.807) is 23.2 Å². The maximum absolute atomic E-state index is 8.74. The smallest absolute Gasteiger partial charge is 0.811 e. The first-order valence-electron chi connectivity index (χ1n) is 11.5. The molecule has 0 N–H and O–H groups in total. The second-order valence-corrected chi connectivity index (χ2v) is 8.07. The molecule has 6 aromatic rings. The summed E-state index contributed by atoms with van der Waals surface area (Å²) in [5, 5.41) is 15.1. The van der Waals surface area contributed by atoms with Gasteiger partial charge in [0.15, 0.2) is 0 Å². The maximum atomic E-state index is 8.74. The summed E-state index contributed by atoms with van der Waals surface area (Å²) in [4.78, 5) is 1.89. The molecule has 0 amide bonds. The molecular weight excluding hydrogens is 637 g/mol. The van der Waals surface area contributed by atoms with Crippen LogP contribution in [0.15, 0.2) is 120 Å². The van der Waals surface area contributed by atoms with Crippen molar-refractivity contribution in [3.05, 3.63) is 133 Å². The average molecular weight is 660 g/mol. The first-order chi connectivity index (χ1) is 17.7. The van der Waals surface area contributed by atoms with Crippen molar-refractivity contribution in [3.8, 4) is 16.8 Å². The Morgan fingerprint density at radius 2 is 1.70 bits per heavy atom. The molecule has 4 aromatic carbocycles. The van der Waals surface area contributed by atoms with Gasteiger partial charge in [0.1, 0.15) is 11.2 Å². The zero-order valence-electron chi connectivity index (χ0n) is 20.1. The summed E-state index contributed by atoms with van der Waals surface area (Å²) in [6.45, 7) is 0. The van der Waals surface area contributed by atoms with Gasteiger partial charge in [-0.3, -0.25) is 4.68 Å². The number of allylic oxidation sites excluding steroid dienone is 1. The van der Waals surface area contributed by atoms with Crippen LogP contribution in [-0.2, 0) is 20.1 Å². The van der Waals surface area contributed by atoms with Crippen molar-refractivity contribution in [2.24, 2.45) is 0 Å². The minimum absolute atomic E-state index is 0. The van der Waals surface area contributed by atoms with Crippen LogP contribution in [0.1, 0.15) is 0 Å². The molecule has 0 aliphatic rings. The number of benzene rings is 4. The molecule has 0 saturated heterocycles. The van der Waals surface area contributed by atoms with Crippen LogP contribution in [0.2, 0.25) is 0 Å². The van der Waals surface area contributed by atoms with E-state index in [2.05, 4.69) is 47.6 Å². The number of hydrogen-bond donors (Lipinski definition) is 0. The van der Waals surface area contributed by atoms with Crippen molar-refractivity contribution in [2.75, 3.05) is 11.9 Å². The van der Waals surface area contributed by atoms with Gasteiger partial charge in [0.05, 0.1) is 0 Å². The van der Waals surface area contributed by atoms with Gasteiger partial charge in [0.25, 0.3) is 0 Å². The minimum Gasteiger partial charge on any atom is -0.811 e. The standard InChI is InChI=1S/C22H16N2O.C9H7N2.Ir/c1-24(14-4-13-23)18-10-7-16(8-11-18)17-9-12-20-19-5-2-3-6-21(19)25-22(20)15-17;1-2-5-9(6-3-1)11-8-4-7-10-11;/h2-10,12-15H,1H3;1-5,7-8H;/q-2;-1;+3/b14-4-;;. The second kappa shape index (κ2) is 12.1. The Morgan fingerprint density at radius 1 is 0.892 bits per heavy atom. The molecule has 0 aliphatic heterocycles. The molecule has 5 nitrogen and oxygen atoms in total. The first-order valence-corrected chi connectivity index (χ1v) is 11.5. The molecule has 0 spiro atoms. The van der Waals surface area contributed by atoms with Gasteiger partial charge in [0.2, 0.25) is 0 Å². The van der Waals surface area contributed by atoms with Crippen molar-refractivity contribution in [1.29, 1.82) is 0 Å². The molecule has 0 saturated carbocycles. The van der Waals surface area contributed by atoms with E-state index in [0.717, 1.165) is 50.7 Å². The van der Waals surface area contributed by atoms with Crippen molar-refractivity contribution in [2.45, 2.75) is 0 Å². The van der Waals surface area contributed by atoms with Crippen LogP contribution in [0.25, 0.3) is 44.2 Å². The summed E-state index contributed by atoms with van der Waals surface area (Å²) in [6, 6.07) is 36.4. The molecule has 6 heteroatoms. The van der Waals surface area contributed by atoms with Gasteiger partial charge in [-0.2, -0.15) is 53.8 Å². The summed E-state index contributed by atoms with van der Waals surface area (Å²) in [5.74, 6) is 0. The SMILES string of the molecule is CN(/C=C\C=[N-])c1[c-]cc(-c2ccc3c(c2)oc2ccccc23)cc1.[Ir+3].[c-]1ccccc1-n1cccn1. The van der Waals surface area contributed by atoms with E-state index in [-0.39, 0.29) is 20.1 Å². The van der Waals surface area contributed by atoms with Gasteiger partial charge in [-0.05, 0) is 30.1 Å². The predicted octanol–water partition coefficient (Wildman–Crippen LogP) is 7.31. The molecule has 0 unspecified atom stereocenters. The summed E-state index contributed by atoms with van der Waals surface area (Å²) < 4.78 is 7.74. The third-order valence-corrected chi connectivity index (χ3v) is 5.73. The fraction of sp³-hybridized carbons (Fsp3) is 0.0323. The van der Waals surface area contributed by atoms with E-state index in [4.69, 9.17) is 9.83 Å². The van der Waals surface area contributed by atoms with Crippen LogP contribution in [0.4, 0.5) is 5.69 Å². The summed E-state index contributed by atoms with van der Waals surface area (Å²) in [7, 11) is 1.91. The average Bonchev–Trinajstić information content (AvgIpc) is 3.61. The van der Waals surface area contributed by atoms with E-state index in [9.17, 15) is 0 Å². The first kappa shape index (κ1) is 25.8. The van der Waals surface area contributed by atoms with Crippen LogP contribution in [0, 0.1) is 12.1 Å². The Kier molecular flexibility index (Phi) is 8.47.